The number of hydrogen-bond donors (Lipinski definition) is 0. The van der Waals surface area contributed by atoms with E-state index in [-0.39, 0.29) is 6.61 Å². The van der Waals surface area contributed by atoms with Gasteiger partial charge in [-0.25, -0.2) is 14.4 Å². The van der Waals surface area contributed by atoms with Gasteiger partial charge in [0, 0.05) is 19.5 Å². The molecule has 0 unspecified atom stereocenters. The fraction of sp³-hybridized carbons (Fsp3) is 0.296. The molecule has 0 aliphatic heterocycles. The fourth-order valence-corrected chi connectivity index (χ4v) is 3.29. The zero-order chi connectivity index (χ0) is 23.6. The normalized spacial score (nSPS) is 11.7. The van der Waals surface area contributed by atoms with Crippen LogP contribution in [0.4, 0.5) is 10.3 Å². The summed E-state index contributed by atoms with van der Waals surface area (Å²) in [4.78, 5) is 11.3. The highest BCUT2D eigenvalue weighted by Gasteiger charge is 2.15. The van der Waals surface area contributed by atoms with Gasteiger partial charge in [0.25, 0.3) is 0 Å². The lowest BCUT2D eigenvalue weighted by atomic mass is 10.1. The first-order chi connectivity index (χ1) is 16.2. The predicted molar refractivity (Wildman–Crippen MR) is 131 cm³/mol. The Bertz CT molecular complexity index is 1050. The molecule has 0 atom stereocenters. The molecule has 4 rings (SSSR count). The lowest BCUT2D eigenvalue weighted by Crippen LogP contribution is -2.24. The third-order valence-electron chi connectivity index (χ3n) is 5.07. The van der Waals surface area contributed by atoms with Crippen molar-refractivity contribution in [1.82, 2.24) is 9.97 Å². The third-order valence-corrected chi connectivity index (χ3v) is 5.07. The van der Waals surface area contributed by atoms with E-state index >= 15 is 0 Å². The molecular formula is C27H31FN3O2. The summed E-state index contributed by atoms with van der Waals surface area (Å²) < 4.78 is 23.1. The minimum atomic E-state index is -0.546. The zero-order valence-electron chi connectivity index (χ0n) is 19.7. The number of rotatable bonds is 10. The molecular weight excluding hydrogens is 417 g/mol. The van der Waals surface area contributed by atoms with Gasteiger partial charge in [-0.15, -0.1) is 0 Å². The molecule has 2 aromatic carbocycles. The number of ether oxygens (including phenoxy) is 2. The van der Waals surface area contributed by atoms with Crippen LogP contribution in [0.15, 0.2) is 60.8 Å². The van der Waals surface area contributed by atoms with Gasteiger partial charge in [-0.2, -0.15) is 0 Å². The summed E-state index contributed by atoms with van der Waals surface area (Å²) in [7, 11) is 1.66. The number of aryl methyl sites for hydroxylation is 1. The van der Waals surface area contributed by atoms with Gasteiger partial charge in [0.1, 0.15) is 19.0 Å². The van der Waals surface area contributed by atoms with Crippen molar-refractivity contribution in [3.63, 3.8) is 0 Å². The Morgan fingerprint density at radius 1 is 0.939 bits per heavy atom. The summed E-state index contributed by atoms with van der Waals surface area (Å²) >= 11 is 0. The summed E-state index contributed by atoms with van der Waals surface area (Å²) in [5, 5.41) is 0. The van der Waals surface area contributed by atoms with Crippen LogP contribution < -0.4 is 14.4 Å². The Hall–Kier alpha value is -3.41. The van der Waals surface area contributed by atoms with Crippen molar-refractivity contribution < 1.29 is 13.9 Å². The van der Waals surface area contributed by atoms with E-state index in [1.165, 1.54) is 11.1 Å². The molecule has 0 fully saturated rings. The maximum atomic E-state index is 12.5. The molecule has 1 heterocycles. The van der Waals surface area contributed by atoms with E-state index in [1.54, 1.807) is 13.3 Å². The molecule has 0 bridgehead atoms. The Morgan fingerprint density at radius 3 is 2.06 bits per heavy atom. The molecule has 0 spiro atoms. The highest BCUT2D eigenvalue weighted by Crippen LogP contribution is 2.30. The fourth-order valence-electron chi connectivity index (χ4n) is 3.29. The Balaban J connectivity index is 0.00000149. The molecule has 1 aliphatic carbocycles. The van der Waals surface area contributed by atoms with Crippen molar-refractivity contribution in [2.75, 3.05) is 25.3 Å². The first-order valence-corrected chi connectivity index (χ1v) is 11.2. The molecule has 33 heavy (non-hydrogen) atoms. The maximum absolute atomic E-state index is 12.5. The largest absolute Gasteiger partial charge is 0.497 e. The van der Waals surface area contributed by atoms with Crippen LogP contribution in [0, 0.1) is 13.3 Å². The van der Waals surface area contributed by atoms with Crippen LogP contribution in [-0.4, -0.2) is 30.4 Å². The van der Waals surface area contributed by atoms with E-state index in [2.05, 4.69) is 51.6 Å². The number of anilines is 1. The number of benzene rings is 2. The lowest BCUT2D eigenvalue weighted by Gasteiger charge is -2.24. The maximum Gasteiger partial charge on any atom is 0.226 e. The standard InChI is InChI=1S/C25H25FN3O2.C2H6/c1-18-24(31-14-13-26)15-27-25(28-18)29(17-20-5-11-23(30-2)12-6-20)16-19-3-7-21(8-4-19)22-9-10-22;1-2/h3-12,15H,13-14,16-17H2,1-2H3;1-2H3. The van der Waals surface area contributed by atoms with Crippen LogP contribution in [0.3, 0.4) is 0 Å². The van der Waals surface area contributed by atoms with Gasteiger partial charge >= 0.3 is 0 Å². The van der Waals surface area contributed by atoms with Crippen LogP contribution in [0.1, 0.15) is 36.2 Å². The number of halogens is 1. The van der Waals surface area contributed by atoms with Crippen molar-refractivity contribution in [3.05, 3.63) is 89.6 Å². The first kappa shape index (κ1) is 24.2. The quantitative estimate of drug-likeness (QED) is 0.382. The van der Waals surface area contributed by atoms with E-state index in [0.717, 1.165) is 16.9 Å². The number of aromatic nitrogens is 2. The highest BCUT2D eigenvalue weighted by molar-refractivity contribution is 5.87. The molecule has 6 heteroatoms. The predicted octanol–water partition coefficient (Wildman–Crippen LogP) is 5.98. The second-order valence-electron chi connectivity index (χ2n) is 7.35. The van der Waals surface area contributed by atoms with Gasteiger partial charge in [0.2, 0.25) is 5.95 Å². The van der Waals surface area contributed by atoms with Crippen molar-refractivity contribution in [2.45, 2.75) is 33.9 Å². The smallest absolute Gasteiger partial charge is 0.226 e. The summed E-state index contributed by atoms with van der Waals surface area (Å²) in [6, 6.07) is 16.5. The third kappa shape index (κ3) is 6.78. The van der Waals surface area contributed by atoms with Crippen molar-refractivity contribution >= 4 is 11.5 Å². The number of hydrogen-bond acceptors (Lipinski definition) is 5. The molecule has 0 amide bonds. The van der Waals surface area contributed by atoms with E-state index < -0.39 is 6.67 Å². The summed E-state index contributed by atoms with van der Waals surface area (Å²) in [6.45, 7) is 6.59. The van der Waals surface area contributed by atoms with Gasteiger partial charge in [-0.3, -0.25) is 0 Å². The molecule has 1 aliphatic rings. The Kier molecular flexibility index (Phi) is 8.81. The number of nitrogens with zero attached hydrogens (tertiary/aromatic N) is 3. The van der Waals surface area contributed by atoms with Gasteiger partial charge < -0.3 is 14.4 Å². The van der Waals surface area contributed by atoms with Gasteiger partial charge in [-0.05, 0) is 41.3 Å². The molecule has 5 nitrogen and oxygen atoms in total. The first-order valence-electron chi connectivity index (χ1n) is 11.2. The van der Waals surface area contributed by atoms with Crippen molar-refractivity contribution in [3.8, 4) is 11.5 Å². The number of methoxy groups -OCH3 is 1. The Labute approximate surface area is 195 Å². The van der Waals surface area contributed by atoms with Crippen LogP contribution >= 0.6 is 0 Å². The SMILES string of the molecule is CC.COc1ccc(CN(Cc2ccc(C3=C[CH]3)cc2)c2ncc(OCCF)c(C)n2)cc1. The van der Waals surface area contributed by atoms with Crippen LogP contribution in [0.5, 0.6) is 11.5 Å². The number of alkyl halides is 1. The average Bonchev–Trinajstić information content (AvgIpc) is 3.71. The molecule has 0 saturated heterocycles. The zero-order valence-corrected chi connectivity index (χ0v) is 19.7. The second-order valence-corrected chi connectivity index (χ2v) is 7.35. The molecule has 0 N–H and O–H groups in total. The van der Waals surface area contributed by atoms with Gasteiger partial charge in [0.05, 0.1) is 19.0 Å². The van der Waals surface area contributed by atoms with Crippen molar-refractivity contribution in [1.29, 1.82) is 0 Å². The summed E-state index contributed by atoms with van der Waals surface area (Å²) in [5.74, 6) is 1.92. The topological polar surface area (TPSA) is 47.5 Å². The van der Waals surface area contributed by atoms with Crippen LogP contribution in [-0.2, 0) is 13.1 Å². The second kappa shape index (κ2) is 12.0. The van der Waals surface area contributed by atoms with E-state index in [0.29, 0.717) is 30.5 Å². The highest BCUT2D eigenvalue weighted by atomic mass is 19.1. The van der Waals surface area contributed by atoms with Gasteiger partial charge in [-0.1, -0.05) is 56.3 Å². The minimum Gasteiger partial charge on any atom is -0.497 e. The lowest BCUT2D eigenvalue weighted by molar-refractivity contribution is 0.270. The van der Waals surface area contributed by atoms with E-state index in [1.807, 2.05) is 45.0 Å². The summed E-state index contributed by atoms with van der Waals surface area (Å²) in [6.07, 6.45) is 5.83. The van der Waals surface area contributed by atoms with Gasteiger partial charge in [0.15, 0.2) is 5.75 Å². The van der Waals surface area contributed by atoms with E-state index in [4.69, 9.17) is 9.47 Å². The molecule has 0 saturated carbocycles. The van der Waals surface area contributed by atoms with Crippen molar-refractivity contribution in [2.24, 2.45) is 0 Å². The number of allylic oxidation sites excluding steroid dienone is 2. The Morgan fingerprint density at radius 2 is 1.55 bits per heavy atom. The van der Waals surface area contributed by atoms with Crippen LogP contribution in [0.2, 0.25) is 0 Å². The van der Waals surface area contributed by atoms with E-state index in [9.17, 15) is 4.39 Å². The van der Waals surface area contributed by atoms with Crippen LogP contribution in [0.25, 0.3) is 5.57 Å². The molecule has 1 aromatic heterocycles. The summed E-state index contributed by atoms with van der Waals surface area (Å²) in [5.41, 5.74) is 5.48. The molecule has 1 radical (unpaired) electrons. The average molecular weight is 449 g/mol. The molecule has 173 valence electrons. The minimum absolute atomic E-state index is 0.000674. The molecule has 3 aromatic rings. The monoisotopic (exact) mass is 448 g/mol.